The highest BCUT2D eigenvalue weighted by Crippen LogP contribution is 2.52. The van der Waals surface area contributed by atoms with E-state index in [2.05, 4.69) is 15.9 Å². The van der Waals surface area contributed by atoms with Crippen LogP contribution in [0.15, 0.2) is 53.0 Å². The third-order valence-corrected chi connectivity index (χ3v) is 3.79. The molecule has 0 aliphatic rings. The monoisotopic (exact) mass is 398 g/mol. The average molecular weight is 399 g/mol. The minimum Gasteiger partial charge on any atom is -0.374 e. The maximum Gasteiger partial charge on any atom is 0.457 e. The lowest BCUT2D eigenvalue weighted by Crippen LogP contribution is -2.55. The maximum absolute atomic E-state index is 14.1. The topological polar surface area (TPSA) is 20.2 Å². The van der Waals surface area contributed by atoms with Gasteiger partial charge in [-0.2, -0.15) is 22.0 Å². The van der Waals surface area contributed by atoms with Gasteiger partial charge in [-0.25, -0.2) is 4.39 Å². The Hall–Kier alpha value is -1.54. The first-order valence-corrected chi connectivity index (χ1v) is 6.98. The standard InChI is InChI=1S/C15H9BrF6O/c16-11-5-1-3-9(7-11)13(23,14(18,19)15(20,21)22)10-4-2-6-12(17)8-10/h1-8,23H. The summed E-state index contributed by atoms with van der Waals surface area (Å²) >= 11 is 2.95. The van der Waals surface area contributed by atoms with Crippen molar-refractivity contribution in [3.05, 3.63) is 69.9 Å². The van der Waals surface area contributed by atoms with Crippen LogP contribution >= 0.6 is 15.9 Å². The molecule has 8 heteroatoms. The van der Waals surface area contributed by atoms with Crippen molar-refractivity contribution in [1.29, 1.82) is 0 Å². The van der Waals surface area contributed by atoms with Crippen LogP contribution in [0.4, 0.5) is 26.3 Å². The van der Waals surface area contributed by atoms with Crippen LogP contribution in [0.3, 0.4) is 0 Å². The number of benzene rings is 2. The zero-order valence-electron chi connectivity index (χ0n) is 11.2. The van der Waals surface area contributed by atoms with Gasteiger partial charge in [-0.1, -0.05) is 40.2 Å². The van der Waals surface area contributed by atoms with E-state index >= 15 is 0 Å². The molecule has 0 amide bonds. The zero-order chi connectivity index (χ0) is 17.5. The smallest absolute Gasteiger partial charge is 0.374 e. The zero-order valence-corrected chi connectivity index (χ0v) is 12.8. The van der Waals surface area contributed by atoms with Crippen molar-refractivity contribution in [3.8, 4) is 0 Å². The Morgan fingerprint density at radius 1 is 0.826 bits per heavy atom. The molecule has 0 fully saturated rings. The lowest BCUT2D eigenvalue weighted by atomic mass is 9.80. The molecule has 124 valence electrons. The number of alkyl halides is 5. The molecule has 2 rings (SSSR count). The molecule has 2 aromatic carbocycles. The fourth-order valence-corrected chi connectivity index (χ4v) is 2.56. The Labute approximate surface area is 135 Å². The van der Waals surface area contributed by atoms with Crippen molar-refractivity contribution < 1.29 is 31.4 Å². The molecular formula is C15H9BrF6O. The first-order valence-electron chi connectivity index (χ1n) is 6.19. The predicted molar refractivity (Wildman–Crippen MR) is 74.5 cm³/mol. The first kappa shape index (κ1) is 17.8. The highest BCUT2D eigenvalue weighted by atomic mass is 79.9. The summed E-state index contributed by atoms with van der Waals surface area (Å²) in [6, 6.07) is 7.48. The summed E-state index contributed by atoms with van der Waals surface area (Å²) in [5.41, 5.74) is -5.41. The van der Waals surface area contributed by atoms with Crippen molar-refractivity contribution >= 4 is 15.9 Å². The molecule has 0 spiro atoms. The highest BCUT2D eigenvalue weighted by Gasteiger charge is 2.71. The fraction of sp³-hybridized carbons (Fsp3) is 0.200. The van der Waals surface area contributed by atoms with E-state index in [1.165, 1.54) is 12.1 Å². The van der Waals surface area contributed by atoms with Crippen molar-refractivity contribution in [2.45, 2.75) is 17.7 Å². The van der Waals surface area contributed by atoms with Crippen molar-refractivity contribution in [3.63, 3.8) is 0 Å². The number of halogens is 7. The van der Waals surface area contributed by atoms with Crippen LogP contribution in [-0.4, -0.2) is 17.2 Å². The molecule has 0 heterocycles. The van der Waals surface area contributed by atoms with Gasteiger partial charge in [-0.3, -0.25) is 0 Å². The van der Waals surface area contributed by atoms with Gasteiger partial charge in [-0.05, 0) is 35.4 Å². The molecule has 1 N–H and O–H groups in total. The van der Waals surface area contributed by atoms with Crippen LogP contribution in [0.2, 0.25) is 0 Å². The largest absolute Gasteiger partial charge is 0.457 e. The average Bonchev–Trinajstić information content (AvgIpc) is 2.45. The van der Waals surface area contributed by atoms with Crippen LogP contribution < -0.4 is 0 Å². The van der Waals surface area contributed by atoms with E-state index in [0.717, 1.165) is 30.3 Å². The van der Waals surface area contributed by atoms with Gasteiger partial charge in [0.05, 0.1) is 0 Å². The molecule has 0 aromatic heterocycles. The molecule has 0 bridgehead atoms. The van der Waals surface area contributed by atoms with Crippen molar-refractivity contribution in [2.75, 3.05) is 0 Å². The Bertz CT molecular complexity index is 668. The summed E-state index contributed by atoms with van der Waals surface area (Å²) in [5, 5.41) is 10.4. The lowest BCUT2D eigenvalue weighted by molar-refractivity contribution is -0.336. The second kappa shape index (κ2) is 5.83. The third kappa shape index (κ3) is 2.97. The summed E-state index contributed by atoms with van der Waals surface area (Å²) < 4.78 is 80.4. The molecule has 0 saturated carbocycles. The van der Waals surface area contributed by atoms with Gasteiger partial charge in [-0.15, -0.1) is 0 Å². The fourth-order valence-electron chi connectivity index (χ4n) is 2.16. The third-order valence-electron chi connectivity index (χ3n) is 3.30. The van der Waals surface area contributed by atoms with Crippen LogP contribution in [0.5, 0.6) is 0 Å². The molecular weight excluding hydrogens is 390 g/mol. The Kier molecular flexibility index (Phi) is 4.51. The SMILES string of the molecule is OC(c1cccc(F)c1)(c1cccc(Br)c1)C(F)(F)C(F)(F)F. The Morgan fingerprint density at radius 2 is 1.35 bits per heavy atom. The quantitative estimate of drug-likeness (QED) is 0.719. The van der Waals surface area contributed by atoms with Gasteiger partial charge in [0.15, 0.2) is 5.60 Å². The number of aliphatic hydroxyl groups is 1. The summed E-state index contributed by atoms with van der Waals surface area (Å²) in [5.74, 6) is -6.59. The van der Waals surface area contributed by atoms with Gasteiger partial charge >= 0.3 is 12.1 Å². The van der Waals surface area contributed by atoms with E-state index in [4.69, 9.17) is 0 Å². The summed E-state index contributed by atoms with van der Waals surface area (Å²) in [7, 11) is 0. The Morgan fingerprint density at radius 3 is 1.83 bits per heavy atom. The minimum atomic E-state index is -6.05. The van der Waals surface area contributed by atoms with Crippen molar-refractivity contribution in [2.24, 2.45) is 0 Å². The van der Waals surface area contributed by atoms with Crippen LogP contribution in [0.25, 0.3) is 0 Å². The number of hydrogen-bond acceptors (Lipinski definition) is 1. The normalized spacial score (nSPS) is 15.3. The number of hydrogen-bond donors (Lipinski definition) is 1. The Balaban J connectivity index is 2.80. The second-order valence-corrected chi connectivity index (χ2v) is 5.72. The van der Waals surface area contributed by atoms with Gasteiger partial charge < -0.3 is 5.11 Å². The second-order valence-electron chi connectivity index (χ2n) is 4.80. The van der Waals surface area contributed by atoms with Gasteiger partial charge in [0.1, 0.15) is 5.82 Å². The molecule has 0 radical (unpaired) electrons. The van der Waals surface area contributed by atoms with E-state index in [1.807, 2.05) is 0 Å². The number of rotatable bonds is 3. The highest BCUT2D eigenvalue weighted by molar-refractivity contribution is 9.10. The van der Waals surface area contributed by atoms with E-state index in [1.54, 1.807) is 0 Å². The minimum absolute atomic E-state index is 0.183. The molecule has 0 saturated heterocycles. The van der Waals surface area contributed by atoms with Crippen LogP contribution in [0.1, 0.15) is 11.1 Å². The molecule has 2 aromatic rings. The van der Waals surface area contributed by atoms with Gasteiger partial charge in [0, 0.05) is 4.47 Å². The molecule has 1 unspecified atom stereocenters. The summed E-state index contributed by atoms with van der Waals surface area (Å²) in [4.78, 5) is 0. The van der Waals surface area contributed by atoms with Gasteiger partial charge in [0.2, 0.25) is 0 Å². The van der Waals surface area contributed by atoms with Crippen LogP contribution in [0, 0.1) is 5.82 Å². The molecule has 1 atom stereocenters. The van der Waals surface area contributed by atoms with E-state index in [-0.39, 0.29) is 4.47 Å². The summed E-state index contributed by atoms with van der Waals surface area (Å²) in [6.07, 6.45) is -6.05. The van der Waals surface area contributed by atoms with E-state index in [9.17, 15) is 31.4 Å². The lowest BCUT2D eigenvalue weighted by Gasteiger charge is -2.37. The van der Waals surface area contributed by atoms with Crippen LogP contribution in [-0.2, 0) is 5.60 Å². The summed E-state index contributed by atoms with van der Waals surface area (Å²) in [6.45, 7) is 0. The molecule has 0 aliphatic heterocycles. The van der Waals surface area contributed by atoms with E-state index < -0.39 is 34.6 Å². The maximum atomic E-state index is 14.1. The predicted octanol–water partition coefficient (Wildman–Crippen LogP) is 5.02. The molecule has 1 nitrogen and oxygen atoms in total. The molecule has 23 heavy (non-hydrogen) atoms. The van der Waals surface area contributed by atoms with Gasteiger partial charge in [0.25, 0.3) is 0 Å². The van der Waals surface area contributed by atoms with E-state index in [0.29, 0.717) is 6.07 Å². The first-order chi connectivity index (χ1) is 10.5. The molecule has 0 aliphatic carbocycles. The van der Waals surface area contributed by atoms with Crippen molar-refractivity contribution in [1.82, 2.24) is 0 Å².